The van der Waals surface area contributed by atoms with E-state index >= 15 is 0 Å². The molecule has 1 fully saturated rings. The fourth-order valence-corrected chi connectivity index (χ4v) is 3.22. The van der Waals surface area contributed by atoms with Crippen LogP contribution in [0.5, 0.6) is 5.75 Å². The van der Waals surface area contributed by atoms with Crippen molar-refractivity contribution in [1.82, 2.24) is 20.3 Å². The minimum Gasteiger partial charge on any atom is -0.481 e. The zero-order chi connectivity index (χ0) is 19.6. The molecular weight excluding hydrogens is 362 g/mol. The van der Waals surface area contributed by atoms with E-state index in [1.807, 2.05) is 0 Å². The normalized spacial score (nSPS) is 19.3. The van der Waals surface area contributed by atoms with Gasteiger partial charge in [-0.2, -0.15) is 8.78 Å². The lowest BCUT2D eigenvalue weighted by Gasteiger charge is -2.16. The van der Waals surface area contributed by atoms with Crippen molar-refractivity contribution in [1.29, 1.82) is 0 Å². The number of hydrogen-bond acceptors (Lipinski definition) is 5. The van der Waals surface area contributed by atoms with Crippen LogP contribution in [-0.2, 0) is 4.79 Å². The van der Waals surface area contributed by atoms with Crippen molar-refractivity contribution in [2.45, 2.75) is 38.8 Å². The molecule has 1 amide bonds. The van der Waals surface area contributed by atoms with Crippen LogP contribution in [0.3, 0.4) is 0 Å². The molecule has 27 heavy (non-hydrogen) atoms. The predicted molar refractivity (Wildman–Crippen MR) is 89.0 cm³/mol. The number of benzene rings is 1. The molecule has 0 unspecified atom stereocenters. The second-order valence-electron chi connectivity index (χ2n) is 6.26. The van der Waals surface area contributed by atoms with Gasteiger partial charge in [0.2, 0.25) is 0 Å². The molecule has 1 aliphatic rings. The number of aromatic nitrogens is 3. The molecular formula is C17H18F2N4O4. The third-order valence-corrected chi connectivity index (χ3v) is 4.57. The van der Waals surface area contributed by atoms with Crippen LogP contribution in [0.1, 0.15) is 35.4 Å². The number of carboxylic acid groups (broad SMARTS) is 1. The first-order valence-electron chi connectivity index (χ1n) is 8.38. The van der Waals surface area contributed by atoms with Gasteiger partial charge in [0.25, 0.3) is 5.91 Å². The molecule has 1 saturated carbocycles. The number of amides is 1. The second kappa shape index (κ2) is 7.68. The van der Waals surface area contributed by atoms with Crippen molar-refractivity contribution in [3.8, 4) is 11.4 Å². The number of hydrogen-bond donors (Lipinski definition) is 2. The molecule has 10 heteroatoms. The van der Waals surface area contributed by atoms with E-state index in [-0.39, 0.29) is 11.4 Å². The van der Waals surface area contributed by atoms with Gasteiger partial charge in [0.15, 0.2) is 5.69 Å². The van der Waals surface area contributed by atoms with E-state index in [1.165, 1.54) is 28.9 Å². The first-order chi connectivity index (χ1) is 12.9. The molecule has 2 atom stereocenters. The molecule has 1 aliphatic carbocycles. The Morgan fingerprint density at radius 1 is 1.30 bits per heavy atom. The van der Waals surface area contributed by atoms with E-state index in [9.17, 15) is 23.5 Å². The number of aliphatic carboxylic acids is 1. The number of ether oxygens (including phenoxy) is 1. The molecule has 0 spiro atoms. The Bertz CT molecular complexity index is 838. The van der Waals surface area contributed by atoms with Crippen molar-refractivity contribution < 1.29 is 28.2 Å². The first kappa shape index (κ1) is 18.7. The second-order valence-corrected chi connectivity index (χ2v) is 6.26. The molecule has 144 valence electrons. The number of rotatable bonds is 6. The highest BCUT2D eigenvalue weighted by atomic mass is 19.3. The van der Waals surface area contributed by atoms with E-state index in [0.717, 1.165) is 6.42 Å². The monoisotopic (exact) mass is 380 g/mol. The van der Waals surface area contributed by atoms with Gasteiger partial charge < -0.3 is 15.2 Å². The van der Waals surface area contributed by atoms with Crippen LogP contribution in [0.4, 0.5) is 8.78 Å². The van der Waals surface area contributed by atoms with Gasteiger partial charge in [-0.1, -0.05) is 11.6 Å². The van der Waals surface area contributed by atoms with Crippen molar-refractivity contribution >= 4 is 11.9 Å². The summed E-state index contributed by atoms with van der Waals surface area (Å²) in [5.41, 5.74) is 1.05. The van der Waals surface area contributed by atoms with E-state index in [0.29, 0.717) is 24.2 Å². The van der Waals surface area contributed by atoms with Crippen molar-refractivity contribution in [3.63, 3.8) is 0 Å². The molecule has 2 N–H and O–H groups in total. The predicted octanol–water partition coefficient (Wildman–Crippen LogP) is 2.16. The smallest absolute Gasteiger partial charge is 0.387 e. The number of nitrogens with one attached hydrogen (secondary N) is 1. The Hall–Kier alpha value is -3.04. The maximum absolute atomic E-state index is 12.5. The Morgan fingerprint density at radius 3 is 2.63 bits per heavy atom. The summed E-state index contributed by atoms with van der Waals surface area (Å²) in [6.45, 7) is -1.27. The van der Waals surface area contributed by atoms with Crippen LogP contribution < -0.4 is 10.1 Å². The van der Waals surface area contributed by atoms with Crippen molar-refractivity contribution in [2.24, 2.45) is 5.92 Å². The van der Waals surface area contributed by atoms with Gasteiger partial charge in [-0.3, -0.25) is 9.59 Å². The number of nitrogens with zero attached hydrogens (tertiary/aromatic N) is 3. The zero-order valence-electron chi connectivity index (χ0n) is 14.4. The average molecular weight is 380 g/mol. The number of carboxylic acids is 1. The Kier molecular flexibility index (Phi) is 5.33. The molecule has 1 heterocycles. The fourth-order valence-electron chi connectivity index (χ4n) is 3.22. The van der Waals surface area contributed by atoms with Gasteiger partial charge in [-0.05, 0) is 44.0 Å². The number of carbonyl (C=O) groups excluding carboxylic acids is 1. The number of alkyl halides is 2. The number of carbonyl (C=O) groups is 2. The molecule has 0 saturated heterocycles. The van der Waals surface area contributed by atoms with Gasteiger partial charge in [-0.25, -0.2) is 4.68 Å². The minimum atomic E-state index is -2.91. The average Bonchev–Trinajstić information content (AvgIpc) is 3.22. The molecule has 3 rings (SSSR count). The Labute approximate surface area is 153 Å². The summed E-state index contributed by atoms with van der Waals surface area (Å²) in [6.07, 6.45) is 1.86. The van der Waals surface area contributed by atoms with Gasteiger partial charge in [0.1, 0.15) is 5.75 Å². The van der Waals surface area contributed by atoms with Crippen LogP contribution in [-0.4, -0.2) is 44.6 Å². The van der Waals surface area contributed by atoms with E-state index in [2.05, 4.69) is 20.4 Å². The maximum Gasteiger partial charge on any atom is 0.387 e. The number of halogens is 2. The SMILES string of the molecule is Cc1c(C(=O)N[C@@H]2CCC[C@@H]2C(=O)O)nnn1-c1ccc(OC(F)F)cc1. The van der Waals surface area contributed by atoms with E-state index in [4.69, 9.17) is 0 Å². The third kappa shape index (κ3) is 4.04. The molecule has 8 nitrogen and oxygen atoms in total. The largest absolute Gasteiger partial charge is 0.481 e. The summed E-state index contributed by atoms with van der Waals surface area (Å²) in [5, 5.41) is 19.7. The Balaban J connectivity index is 1.74. The van der Waals surface area contributed by atoms with Crippen LogP contribution >= 0.6 is 0 Å². The van der Waals surface area contributed by atoms with Gasteiger partial charge in [-0.15, -0.1) is 5.10 Å². The fraction of sp³-hybridized carbons (Fsp3) is 0.412. The van der Waals surface area contributed by atoms with Crippen LogP contribution in [0.15, 0.2) is 24.3 Å². The van der Waals surface area contributed by atoms with Crippen LogP contribution in [0, 0.1) is 12.8 Å². The summed E-state index contributed by atoms with van der Waals surface area (Å²) >= 11 is 0. The van der Waals surface area contributed by atoms with E-state index in [1.54, 1.807) is 6.92 Å². The van der Waals surface area contributed by atoms with Gasteiger partial charge in [0, 0.05) is 6.04 Å². The van der Waals surface area contributed by atoms with Crippen LogP contribution in [0.2, 0.25) is 0 Å². The summed E-state index contributed by atoms with van der Waals surface area (Å²) in [5.74, 6) is -2.02. The maximum atomic E-state index is 12.5. The van der Waals surface area contributed by atoms with Gasteiger partial charge in [0.05, 0.1) is 17.3 Å². The minimum absolute atomic E-state index is 0.00503. The Morgan fingerprint density at radius 2 is 2.00 bits per heavy atom. The molecule has 2 aromatic rings. The lowest BCUT2D eigenvalue weighted by atomic mass is 10.0. The van der Waals surface area contributed by atoms with E-state index < -0.39 is 30.4 Å². The van der Waals surface area contributed by atoms with Gasteiger partial charge >= 0.3 is 12.6 Å². The molecule has 0 radical (unpaired) electrons. The van der Waals surface area contributed by atoms with Crippen LogP contribution in [0.25, 0.3) is 5.69 Å². The molecule has 0 aliphatic heterocycles. The lowest BCUT2D eigenvalue weighted by molar-refractivity contribution is -0.142. The zero-order valence-corrected chi connectivity index (χ0v) is 14.4. The van der Waals surface area contributed by atoms with Crippen molar-refractivity contribution in [2.75, 3.05) is 0 Å². The molecule has 0 bridgehead atoms. The summed E-state index contributed by atoms with van der Waals surface area (Å²) in [4.78, 5) is 23.7. The first-order valence-corrected chi connectivity index (χ1v) is 8.38. The molecule has 1 aromatic heterocycles. The summed E-state index contributed by atoms with van der Waals surface area (Å²) in [7, 11) is 0. The lowest BCUT2D eigenvalue weighted by Crippen LogP contribution is -2.40. The highest BCUT2D eigenvalue weighted by molar-refractivity contribution is 5.93. The standard InChI is InChI=1S/C17H18F2N4O4/c1-9-14(15(24)20-13-4-2-3-12(13)16(25)26)21-22-23(9)10-5-7-11(8-6-10)27-17(18)19/h5-8,12-13,17H,2-4H2,1H3,(H,20,24)(H,25,26)/t12-,13+/m0/s1. The van der Waals surface area contributed by atoms with Crippen molar-refractivity contribution in [3.05, 3.63) is 35.7 Å². The summed E-state index contributed by atoms with van der Waals surface area (Å²) < 4.78 is 30.1. The quantitative estimate of drug-likeness (QED) is 0.795. The topological polar surface area (TPSA) is 106 Å². The third-order valence-electron chi connectivity index (χ3n) is 4.57. The highest BCUT2D eigenvalue weighted by Gasteiger charge is 2.34. The molecule has 1 aromatic carbocycles. The highest BCUT2D eigenvalue weighted by Crippen LogP contribution is 2.26. The summed E-state index contributed by atoms with van der Waals surface area (Å²) in [6, 6.07) is 5.30.